The van der Waals surface area contributed by atoms with Crippen LogP contribution in [0.15, 0.2) is 24.3 Å². The number of carbonyl (C=O) groups is 1. The number of rotatable bonds is 5. The van der Waals surface area contributed by atoms with E-state index in [1.165, 1.54) is 12.1 Å². The van der Waals surface area contributed by atoms with Crippen LogP contribution in [0.25, 0.3) is 0 Å². The zero-order chi connectivity index (χ0) is 15.6. The van der Waals surface area contributed by atoms with Crippen LogP contribution in [0, 0.1) is 11.2 Å². The molecular formula is C13H18FNO4S. The van der Waals surface area contributed by atoms with E-state index in [1.807, 2.05) is 0 Å². The molecule has 1 atom stereocenters. The van der Waals surface area contributed by atoms with Crippen LogP contribution in [0.3, 0.4) is 0 Å². The lowest BCUT2D eigenvalue weighted by Gasteiger charge is -2.27. The lowest BCUT2D eigenvalue weighted by atomic mass is 9.88. The first-order chi connectivity index (χ1) is 9.01. The van der Waals surface area contributed by atoms with E-state index in [4.69, 9.17) is 5.11 Å². The largest absolute Gasteiger partial charge is 0.480 e. The van der Waals surface area contributed by atoms with E-state index in [1.54, 1.807) is 20.8 Å². The molecule has 5 nitrogen and oxygen atoms in total. The van der Waals surface area contributed by atoms with Crippen LogP contribution in [0.4, 0.5) is 4.39 Å². The zero-order valence-corrected chi connectivity index (χ0v) is 12.4. The lowest BCUT2D eigenvalue weighted by molar-refractivity contribution is -0.141. The van der Waals surface area contributed by atoms with E-state index >= 15 is 0 Å². The van der Waals surface area contributed by atoms with Crippen molar-refractivity contribution in [2.24, 2.45) is 5.41 Å². The van der Waals surface area contributed by atoms with Crippen molar-refractivity contribution >= 4 is 16.0 Å². The molecule has 0 saturated heterocycles. The van der Waals surface area contributed by atoms with Gasteiger partial charge in [-0.05, 0) is 23.1 Å². The number of halogens is 1. The predicted octanol–water partition coefficient (Wildman–Crippen LogP) is 1.74. The minimum atomic E-state index is -3.83. The Morgan fingerprint density at radius 3 is 2.20 bits per heavy atom. The summed E-state index contributed by atoms with van der Waals surface area (Å²) in [5.74, 6) is -2.09. The van der Waals surface area contributed by atoms with Gasteiger partial charge in [0.05, 0.1) is 5.75 Å². The Bertz CT molecular complexity index is 575. The second-order valence-corrected chi connectivity index (χ2v) is 7.39. The number of carboxylic acid groups (broad SMARTS) is 1. The maximum Gasteiger partial charge on any atom is 0.322 e. The number of carboxylic acids is 1. The lowest BCUT2D eigenvalue weighted by Crippen LogP contribution is -2.49. The topological polar surface area (TPSA) is 83.5 Å². The number of benzene rings is 1. The van der Waals surface area contributed by atoms with Gasteiger partial charge in [-0.1, -0.05) is 32.9 Å². The number of hydrogen-bond acceptors (Lipinski definition) is 3. The van der Waals surface area contributed by atoms with Gasteiger partial charge >= 0.3 is 5.97 Å². The molecule has 0 amide bonds. The number of aliphatic carboxylic acids is 1. The van der Waals surface area contributed by atoms with Crippen molar-refractivity contribution in [1.82, 2.24) is 4.72 Å². The summed E-state index contributed by atoms with van der Waals surface area (Å²) in [6.07, 6.45) is 0. The molecule has 0 fully saturated rings. The summed E-state index contributed by atoms with van der Waals surface area (Å²) >= 11 is 0. The highest BCUT2D eigenvalue weighted by Crippen LogP contribution is 2.21. The van der Waals surface area contributed by atoms with Gasteiger partial charge in [-0.25, -0.2) is 17.5 Å². The van der Waals surface area contributed by atoms with E-state index in [0.29, 0.717) is 5.56 Å². The Hall–Kier alpha value is -1.47. The third-order valence-electron chi connectivity index (χ3n) is 2.68. The van der Waals surface area contributed by atoms with Crippen LogP contribution in [-0.4, -0.2) is 25.5 Å². The SMILES string of the molecule is CC(C)(C)C(NS(=O)(=O)Cc1ccc(F)cc1)C(=O)O. The van der Waals surface area contributed by atoms with E-state index in [9.17, 15) is 17.6 Å². The highest BCUT2D eigenvalue weighted by Gasteiger charge is 2.34. The van der Waals surface area contributed by atoms with Crippen LogP contribution < -0.4 is 4.72 Å². The number of nitrogens with one attached hydrogen (secondary N) is 1. The normalized spacial score (nSPS) is 14.0. The fourth-order valence-corrected chi connectivity index (χ4v) is 3.15. The summed E-state index contributed by atoms with van der Waals surface area (Å²) in [5, 5.41) is 9.10. The van der Waals surface area contributed by atoms with Crippen molar-refractivity contribution in [2.75, 3.05) is 0 Å². The van der Waals surface area contributed by atoms with Gasteiger partial charge in [0.15, 0.2) is 0 Å². The second kappa shape index (κ2) is 5.88. The van der Waals surface area contributed by atoms with E-state index in [0.717, 1.165) is 12.1 Å². The molecule has 0 heterocycles. The molecule has 2 N–H and O–H groups in total. The van der Waals surface area contributed by atoms with E-state index in [2.05, 4.69) is 4.72 Å². The third-order valence-corrected chi connectivity index (χ3v) is 3.99. The van der Waals surface area contributed by atoms with Gasteiger partial charge < -0.3 is 5.11 Å². The van der Waals surface area contributed by atoms with Crippen molar-refractivity contribution in [1.29, 1.82) is 0 Å². The Balaban J connectivity index is 2.89. The minimum absolute atomic E-state index is 0.386. The summed E-state index contributed by atoms with van der Waals surface area (Å²) in [6.45, 7) is 4.89. The summed E-state index contributed by atoms with van der Waals surface area (Å²) in [4.78, 5) is 11.1. The molecule has 0 aromatic heterocycles. The summed E-state index contributed by atoms with van der Waals surface area (Å²) in [7, 11) is -3.83. The maximum absolute atomic E-state index is 12.7. The first-order valence-electron chi connectivity index (χ1n) is 5.98. The van der Waals surface area contributed by atoms with E-state index in [-0.39, 0.29) is 0 Å². The summed E-state index contributed by atoms with van der Waals surface area (Å²) in [5.41, 5.74) is -0.376. The molecule has 0 aliphatic carbocycles. The molecule has 0 aliphatic rings. The minimum Gasteiger partial charge on any atom is -0.480 e. The molecule has 1 rings (SSSR count). The fourth-order valence-electron chi connectivity index (χ4n) is 1.62. The Morgan fingerprint density at radius 2 is 1.80 bits per heavy atom. The van der Waals surface area contributed by atoms with Crippen molar-refractivity contribution < 1.29 is 22.7 Å². The highest BCUT2D eigenvalue weighted by molar-refractivity contribution is 7.88. The van der Waals surface area contributed by atoms with Crippen molar-refractivity contribution in [2.45, 2.75) is 32.6 Å². The molecule has 0 aliphatic heterocycles. The van der Waals surface area contributed by atoms with Crippen LogP contribution in [0.1, 0.15) is 26.3 Å². The molecule has 1 unspecified atom stereocenters. The fraction of sp³-hybridized carbons (Fsp3) is 0.462. The monoisotopic (exact) mass is 303 g/mol. The van der Waals surface area contributed by atoms with Crippen molar-refractivity contribution in [3.63, 3.8) is 0 Å². The molecule has 112 valence electrons. The first-order valence-corrected chi connectivity index (χ1v) is 7.64. The third kappa shape index (κ3) is 4.90. The Labute approximate surface area is 117 Å². The smallest absolute Gasteiger partial charge is 0.322 e. The quantitative estimate of drug-likeness (QED) is 0.868. The molecular weight excluding hydrogens is 285 g/mol. The van der Waals surface area contributed by atoms with Gasteiger partial charge in [0.2, 0.25) is 10.0 Å². The Kier molecular flexibility index (Phi) is 4.88. The van der Waals surface area contributed by atoms with E-state index < -0.39 is 39.0 Å². The van der Waals surface area contributed by atoms with Crippen LogP contribution in [0.2, 0.25) is 0 Å². The first kappa shape index (κ1) is 16.6. The summed E-state index contributed by atoms with van der Waals surface area (Å²) < 4.78 is 38.9. The van der Waals surface area contributed by atoms with Crippen molar-refractivity contribution in [3.05, 3.63) is 35.6 Å². The molecule has 1 aromatic carbocycles. The number of sulfonamides is 1. The molecule has 0 radical (unpaired) electrons. The zero-order valence-electron chi connectivity index (χ0n) is 11.6. The maximum atomic E-state index is 12.7. The van der Waals surface area contributed by atoms with Gasteiger partial charge in [-0.15, -0.1) is 0 Å². The molecule has 1 aromatic rings. The number of hydrogen-bond donors (Lipinski definition) is 2. The Morgan fingerprint density at radius 1 is 1.30 bits per heavy atom. The standard InChI is InChI=1S/C13H18FNO4S/c1-13(2,3)11(12(16)17)15-20(18,19)8-9-4-6-10(14)7-5-9/h4-7,11,15H,8H2,1-3H3,(H,16,17). The highest BCUT2D eigenvalue weighted by atomic mass is 32.2. The van der Waals surface area contributed by atoms with Crippen molar-refractivity contribution in [3.8, 4) is 0 Å². The molecule has 0 bridgehead atoms. The molecule has 20 heavy (non-hydrogen) atoms. The average molecular weight is 303 g/mol. The summed E-state index contributed by atoms with van der Waals surface area (Å²) in [6, 6.07) is 3.78. The molecule has 7 heteroatoms. The molecule has 0 spiro atoms. The van der Waals surface area contributed by atoms with Gasteiger partial charge in [0.25, 0.3) is 0 Å². The van der Waals surface area contributed by atoms with Gasteiger partial charge in [-0.2, -0.15) is 0 Å². The van der Waals surface area contributed by atoms with Crippen LogP contribution in [-0.2, 0) is 20.6 Å². The second-order valence-electron chi connectivity index (χ2n) is 5.64. The van der Waals surface area contributed by atoms with Gasteiger partial charge in [0.1, 0.15) is 11.9 Å². The average Bonchev–Trinajstić information content (AvgIpc) is 2.27. The van der Waals surface area contributed by atoms with Gasteiger partial charge in [-0.3, -0.25) is 4.79 Å². The molecule has 0 saturated carbocycles. The van der Waals surface area contributed by atoms with Crippen LogP contribution >= 0.6 is 0 Å². The van der Waals surface area contributed by atoms with Crippen LogP contribution in [0.5, 0.6) is 0 Å². The predicted molar refractivity (Wildman–Crippen MR) is 73.0 cm³/mol. The van der Waals surface area contributed by atoms with Gasteiger partial charge in [0, 0.05) is 0 Å².